The summed E-state index contributed by atoms with van der Waals surface area (Å²) in [6.07, 6.45) is 8.25. The number of benzene rings is 2. The molecule has 0 radical (unpaired) electrons. The van der Waals surface area contributed by atoms with E-state index in [1.54, 1.807) is 12.3 Å². The number of carboxylic acid groups (broad SMARTS) is 1. The molecule has 1 amide bonds. The molecule has 4 rings (SSSR count). The van der Waals surface area contributed by atoms with Gasteiger partial charge in [0.25, 0.3) is 5.91 Å². The van der Waals surface area contributed by atoms with Gasteiger partial charge in [0.2, 0.25) is 0 Å². The second-order valence-corrected chi connectivity index (χ2v) is 10.2. The Kier molecular flexibility index (Phi) is 8.56. The highest BCUT2D eigenvalue weighted by Gasteiger charge is 2.34. The van der Waals surface area contributed by atoms with E-state index in [2.05, 4.69) is 41.5 Å². The van der Waals surface area contributed by atoms with Crippen LogP contribution in [0.1, 0.15) is 50.7 Å². The van der Waals surface area contributed by atoms with Crippen LogP contribution < -0.4 is 5.43 Å². The fourth-order valence-electron chi connectivity index (χ4n) is 4.90. The maximum Gasteiger partial charge on any atom is 0.322 e. The Bertz CT molecular complexity index is 1220. The Hall–Kier alpha value is -3.00. The molecule has 1 atom stereocenters. The second-order valence-electron chi connectivity index (χ2n) is 9.75. The van der Waals surface area contributed by atoms with Crippen molar-refractivity contribution in [1.82, 2.24) is 15.4 Å². The Labute approximate surface area is 217 Å². The lowest BCUT2D eigenvalue weighted by Crippen LogP contribution is -2.49. The molecule has 0 aromatic heterocycles. The SMILES string of the molecule is CC(C)CN(Cc1ccc(C=NNC(=O)C2=CCCC(Cl)=C2)c2ccccc12)N1CCC[C@H]1C(=O)O. The number of halogens is 1. The zero-order chi connectivity index (χ0) is 25.7. The van der Waals surface area contributed by atoms with Crippen LogP contribution in [0.4, 0.5) is 0 Å². The third kappa shape index (κ3) is 6.22. The summed E-state index contributed by atoms with van der Waals surface area (Å²) < 4.78 is 0. The van der Waals surface area contributed by atoms with Gasteiger partial charge in [0.05, 0.1) is 6.21 Å². The van der Waals surface area contributed by atoms with E-state index in [4.69, 9.17) is 11.6 Å². The number of carbonyl (C=O) groups is 2. The number of carbonyl (C=O) groups excluding carboxylic acids is 1. The predicted octanol–water partition coefficient (Wildman–Crippen LogP) is 5.05. The zero-order valence-electron chi connectivity index (χ0n) is 20.8. The van der Waals surface area contributed by atoms with Crippen LogP contribution in [0.3, 0.4) is 0 Å². The number of hydrogen-bond acceptors (Lipinski definition) is 5. The van der Waals surface area contributed by atoms with Gasteiger partial charge in [-0.15, -0.1) is 0 Å². The van der Waals surface area contributed by atoms with E-state index in [9.17, 15) is 14.7 Å². The standard InChI is InChI=1S/C28H33ClN4O3/c1-19(2)17-32(33-14-6-11-26(33)28(35)36)18-22-13-12-21(24-9-3-4-10-25(22)24)16-30-31-27(34)20-7-5-8-23(29)15-20/h3-4,7,9-10,12-13,15-16,19,26H,5-6,8,11,14,17-18H2,1-2H3,(H,31,34)(H,35,36)/t26-/m0/s1. The summed E-state index contributed by atoms with van der Waals surface area (Å²) in [7, 11) is 0. The lowest BCUT2D eigenvalue weighted by molar-refractivity contribution is -0.151. The molecule has 190 valence electrons. The van der Waals surface area contributed by atoms with Crippen molar-refractivity contribution in [3.8, 4) is 0 Å². The van der Waals surface area contributed by atoms with Gasteiger partial charge >= 0.3 is 5.97 Å². The average Bonchev–Trinajstić information content (AvgIpc) is 3.35. The van der Waals surface area contributed by atoms with Crippen molar-refractivity contribution in [2.45, 2.75) is 52.1 Å². The second kappa shape index (κ2) is 11.8. The fourth-order valence-corrected chi connectivity index (χ4v) is 5.13. The largest absolute Gasteiger partial charge is 0.480 e. The quantitative estimate of drug-likeness (QED) is 0.365. The summed E-state index contributed by atoms with van der Waals surface area (Å²) >= 11 is 6.06. The first kappa shape index (κ1) is 26.1. The van der Waals surface area contributed by atoms with Gasteiger partial charge in [-0.3, -0.25) is 9.59 Å². The number of allylic oxidation sites excluding steroid dienone is 2. The number of hydrazone groups is 1. The van der Waals surface area contributed by atoms with E-state index in [0.29, 0.717) is 29.5 Å². The molecule has 0 unspecified atom stereocenters. The number of amides is 1. The van der Waals surface area contributed by atoms with Crippen LogP contribution >= 0.6 is 11.6 Å². The Balaban J connectivity index is 1.56. The number of nitrogens with one attached hydrogen (secondary N) is 1. The molecule has 8 heteroatoms. The van der Waals surface area contributed by atoms with Gasteiger partial charge in [0.15, 0.2) is 0 Å². The molecular weight excluding hydrogens is 476 g/mol. The Morgan fingerprint density at radius 2 is 2.03 bits per heavy atom. The van der Waals surface area contributed by atoms with Crippen molar-refractivity contribution in [2.24, 2.45) is 11.0 Å². The van der Waals surface area contributed by atoms with Crippen LogP contribution in [0.5, 0.6) is 0 Å². The van der Waals surface area contributed by atoms with Gasteiger partial charge in [-0.1, -0.05) is 67.9 Å². The highest BCUT2D eigenvalue weighted by molar-refractivity contribution is 6.30. The Morgan fingerprint density at radius 1 is 1.25 bits per heavy atom. The van der Waals surface area contributed by atoms with Gasteiger partial charge in [-0.25, -0.2) is 15.4 Å². The molecule has 2 N–H and O–H groups in total. The number of rotatable bonds is 9. The molecule has 0 bridgehead atoms. The first-order valence-corrected chi connectivity index (χ1v) is 12.9. The molecule has 2 aromatic carbocycles. The zero-order valence-corrected chi connectivity index (χ0v) is 21.5. The van der Waals surface area contributed by atoms with Crippen molar-refractivity contribution >= 4 is 40.5 Å². The number of aliphatic carboxylic acids is 1. The third-order valence-electron chi connectivity index (χ3n) is 6.54. The first-order chi connectivity index (χ1) is 17.3. The van der Waals surface area contributed by atoms with Crippen LogP contribution in [-0.2, 0) is 16.1 Å². The minimum absolute atomic E-state index is 0.284. The van der Waals surface area contributed by atoms with Crippen LogP contribution in [0.15, 0.2) is 64.3 Å². The van der Waals surface area contributed by atoms with E-state index < -0.39 is 12.0 Å². The Morgan fingerprint density at radius 3 is 2.75 bits per heavy atom. The number of carboxylic acids is 1. The molecule has 7 nitrogen and oxygen atoms in total. The monoisotopic (exact) mass is 508 g/mol. The number of hydrogen-bond donors (Lipinski definition) is 2. The molecule has 1 fully saturated rings. The number of fused-ring (bicyclic) bond motifs is 1. The smallest absolute Gasteiger partial charge is 0.322 e. The van der Waals surface area contributed by atoms with Crippen LogP contribution in [-0.4, -0.2) is 52.3 Å². The van der Waals surface area contributed by atoms with E-state index >= 15 is 0 Å². The average molecular weight is 509 g/mol. The maximum absolute atomic E-state index is 12.4. The highest BCUT2D eigenvalue weighted by Crippen LogP contribution is 2.27. The van der Waals surface area contributed by atoms with Gasteiger partial charge in [0.1, 0.15) is 6.04 Å². The summed E-state index contributed by atoms with van der Waals surface area (Å²) in [6, 6.07) is 11.7. The molecule has 36 heavy (non-hydrogen) atoms. The summed E-state index contributed by atoms with van der Waals surface area (Å²) in [6.45, 7) is 6.46. The molecule has 0 saturated carbocycles. The lowest BCUT2D eigenvalue weighted by Gasteiger charge is -2.36. The van der Waals surface area contributed by atoms with Gasteiger partial charge < -0.3 is 5.11 Å². The summed E-state index contributed by atoms with van der Waals surface area (Å²) in [4.78, 5) is 24.3. The predicted molar refractivity (Wildman–Crippen MR) is 144 cm³/mol. The molecule has 2 aliphatic rings. The van der Waals surface area contributed by atoms with E-state index in [1.807, 2.05) is 35.4 Å². The summed E-state index contributed by atoms with van der Waals surface area (Å²) in [5.41, 5.74) is 5.13. The maximum atomic E-state index is 12.4. The summed E-state index contributed by atoms with van der Waals surface area (Å²) in [5, 5.41) is 20.9. The van der Waals surface area contributed by atoms with Crippen molar-refractivity contribution in [3.63, 3.8) is 0 Å². The number of hydrazine groups is 1. The first-order valence-electron chi connectivity index (χ1n) is 12.5. The van der Waals surface area contributed by atoms with Crippen LogP contribution in [0, 0.1) is 5.92 Å². The van der Waals surface area contributed by atoms with Gasteiger partial charge in [-0.05, 0) is 54.0 Å². The van der Waals surface area contributed by atoms with Crippen molar-refractivity contribution < 1.29 is 14.7 Å². The molecule has 2 aromatic rings. The minimum Gasteiger partial charge on any atom is -0.480 e. The van der Waals surface area contributed by atoms with Crippen molar-refractivity contribution in [2.75, 3.05) is 13.1 Å². The van der Waals surface area contributed by atoms with E-state index in [0.717, 1.165) is 54.3 Å². The van der Waals surface area contributed by atoms with E-state index in [-0.39, 0.29) is 5.91 Å². The van der Waals surface area contributed by atoms with Crippen LogP contribution in [0.25, 0.3) is 10.8 Å². The lowest BCUT2D eigenvalue weighted by atomic mass is 9.99. The van der Waals surface area contributed by atoms with E-state index in [1.165, 1.54) is 0 Å². The molecule has 1 aliphatic carbocycles. The number of nitrogens with zero attached hydrogens (tertiary/aromatic N) is 3. The normalized spacial score (nSPS) is 18.8. The van der Waals surface area contributed by atoms with Crippen LogP contribution in [0.2, 0.25) is 0 Å². The van der Waals surface area contributed by atoms with Gasteiger partial charge in [-0.2, -0.15) is 5.10 Å². The minimum atomic E-state index is -0.763. The summed E-state index contributed by atoms with van der Waals surface area (Å²) in [5.74, 6) is -0.653. The molecule has 1 aliphatic heterocycles. The van der Waals surface area contributed by atoms with Crippen molar-refractivity contribution in [1.29, 1.82) is 0 Å². The third-order valence-corrected chi connectivity index (χ3v) is 6.84. The fraction of sp³-hybridized carbons (Fsp3) is 0.393. The molecule has 1 heterocycles. The topological polar surface area (TPSA) is 85.2 Å². The highest BCUT2D eigenvalue weighted by atomic mass is 35.5. The molecular formula is C28H33ClN4O3. The van der Waals surface area contributed by atoms with Crippen molar-refractivity contribution in [3.05, 3.63) is 70.3 Å². The molecule has 0 spiro atoms. The molecule has 1 saturated heterocycles. The van der Waals surface area contributed by atoms with Gasteiger partial charge in [0, 0.05) is 35.8 Å².